The Labute approximate surface area is 162 Å². The Morgan fingerprint density at radius 3 is 2.70 bits per heavy atom. The van der Waals surface area contributed by atoms with Crippen molar-refractivity contribution in [3.63, 3.8) is 0 Å². The molecular weight excluding hydrogens is 336 g/mol. The minimum absolute atomic E-state index is 0.428. The number of hydrogen-bond acceptors (Lipinski definition) is 3. The van der Waals surface area contributed by atoms with Crippen LogP contribution in [0.25, 0.3) is 5.69 Å². The number of aliphatic imine (C=N–C) groups is 1. The van der Waals surface area contributed by atoms with Gasteiger partial charge in [0.1, 0.15) is 0 Å². The Bertz CT molecular complexity index is 736. The van der Waals surface area contributed by atoms with Gasteiger partial charge in [-0.15, -0.1) is 0 Å². The molecule has 1 saturated heterocycles. The van der Waals surface area contributed by atoms with Gasteiger partial charge in [0.15, 0.2) is 5.96 Å². The molecule has 0 spiro atoms. The molecule has 2 unspecified atom stereocenters. The first-order valence-corrected chi connectivity index (χ1v) is 9.94. The van der Waals surface area contributed by atoms with Crippen molar-refractivity contribution in [2.24, 2.45) is 10.9 Å². The molecule has 2 atom stereocenters. The molecule has 0 saturated carbocycles. The van der Waals surface area contributed by atoms with Crippen LogP contribution in [0.2, 0.25) is 0 Å². The zero-order valence-corrected chi connectivity index (χ0v) is 16.9. The van der Waals surface area contributed by atoms with Gasteiger partial charge in [-0.25, -0.2) is 9.67 Å². The molecule has 2 aromatic rings. The minimum Gasteiger partial charge on any atom is -0.357 e. The van der Waals surface area contributed by atoms with Crippen molar-refractivity contribution >= 4 is 5.96 Å². The van der Waals surface area contributed by atoms with E-state index < -0.39 is 0 Å². The minimum atomic E-state index is 0.428. The number of nitrogens with one attached hydrogen (secondary N) is 2. The van der Waals surface area contributed by atoms with Crippen molar-refractivity contribution in [3.05, 3.63) is 48.3 Å². The van der Waals surface area contributed by atoms with E-state index in [0.29, 0.717) is 24.5 Å². The van der Waals surface area contributed by atoms with Crippen LogP contribution in [0.3, 0.4) is 0 Å². The summed E-state index contributed by atoms with van der Waals surface area (Å²) in [6, 6.07) is 11.2. The summed E-state index contributed by atoms with van der Waals surface area (Å²) in [6.07, 6.45) is 3.93. The zero-order chi connectivity index (χ0) is 19.2. The number of benzene rings is 1. The molecule has 27 heavy (non-hydrogen) atoms. The van der Waals surface area contributed by atoms with E-state index in [4.69, 9.17) is 4.99 Å². The van der Waals surface area contributed by atoms with Crippen LogP contribution in [0.5, 0.6) is 0 Å². The second-order valence-electron chi connectivity index (χ2n) is 7.60. The molecule has 6 nitrogen and oxygen atoms in total. The van der Waals surface area contributed by atoms with E-state index >= 15 is 0 Å². The van der Waals surface area contributed by atoms with E-state index in [1.54, 1.807) is 0 Å². The van der Waals surface area contributed by atoms with Gasteiger partial charge in [0.25, 0.3) is 0 Å². The highest BCUT2D eigenvalue weighted by Crippen LogP contribution is 2.18. The first-order chi connectivity index (χ1) is 13.1. The van der Waals surface area contributed by atoms with Crippen molar-refractivity contribution in [2.45, 2.75) is 46.3 Å². The molecule has 2 N–H and O–H groups in total. The molecule has 146 valence electrons. The maximum absolute atomic E-state index is 4.78. The van der Waals surface area contributed by atoms with Gasteiger partial charge in [0.05, 0.1) is 18.4 Å². The fraction of sp³-hybridized carbons (Fsp3) is 0.524. The SMILES string of the molecule is CCNC(=NCc1cnn(-c2ccccc2)c1)NC1CN(C(C)C)CC1C. The summed E-state index contributed by atoms with van der Waals surface area (Å²) in [5.41, 5.74) is 2.16. The highest BCUT2D eigenvalue weighted by molar-refractivity contribution is 5.80. The number of nitrogens with zero attached hydrogens (tertiary/aromatic N) is 4. The van der Waals surface area contributed by atoms with Crippen LogP contribution in [0.1, 0.15) is 33.3 Å². The first kappa shape index (κ1) is 19.4. The van der Waals surface area contributed by atoms with Gasteiger partial charge in [-0.1, -0.05) is 25.1 Å². The fourth-order valence-electron chi connectivity index (χ4n) is 3.44. The third kappa shape index (κ3) is 5.10. The Hall–Kier alpha value is -2.34. The number of likely N-dealkylation sites (tertiary alicyclic amines) is 1. The summed E-state index contributed by atoms with van der Waals surface area (Å²) in [6.45, 7) is 12.6. The highest BCUT2D eigenvalue weighted by atomic mass is 15.3. The predicted molar refractivity (Wildman–Crippen MR) is 111 cm³/mol. The number of guanidine groups is 1. The molecule has 0 aliphatic carbocycles. The zero-order valence-electron chi connectivity index (χ0n) is 16.9. The quantitative estimate of drug-likeness (QED) is 0.608. The average Bonchev–Trinajstić information content (AvgIpc) is 3.28. The van der Waals surface area contributed by atoms with E-state index in [0.717, 1.165) is 36.8 Å². The molecule has 0 amide bonds. The Kier molecular flexibility index (Phi) is 6.50. The third-order valence-electron chi connectivity index (χ3n) is 5.11. The maximum Gasteiger partial charge on any atom is 0.191 e. The largest absolute Gasteiger partial charge is 0.357 e. The van der Waals surface area contributed by atoms with Crippen LogP contribution in [0, 0.1) is 5.92 Å². The van der Waals surface area contributed by atoms with Crippen molar-refractivity contribution < 1.29 is 0 Å². The third-order valence-corrected chi connectivity index (χ3v) is 5.11. The number of hydrogen-bond donors (Lipinski definition) is 2. The van der Waals surface area contributed by atoms with Crippen LogP contribution in [0.4, 0.5) is 0 Å². The van der Waals surface area contributed by atoms with Gasteiger partial charge in [-0.05, 0) is 38.8 Å². The molecule has 1 aromatic heterocycles. The predicted octanol–water partition coefficient (Wildman–Crippen LogP) is 2.66. The number of para-hydroxylation sites is 1. The summed E-state index contributed by atoms with van der Waals surface area (Å²) < 4.78 is 1.89. The molecule has 1 aromatic carbocycles. The molecule has 1 aliphatic rings. The Balaban J connectivity index is 1.63. The summed E-state index contributed by atoms with van der Waals surface area (Å²) in [5, 5.41) is 11.5. The molecule has 0 radical (unpaired) electrons. The van der Waals surface area contributed by atoms with E-state index in [1.807, 2.05) is 47.4 Å². The molecular formula is C21H32N6. The monoisotopic (exact) mass is 368 g/mol. The van der Waals surface area contributed by atoms with E-state index in [9.17, 15) is 0 Å². The van der Waals surface area contributed by atoms with Crippen molar-refractivity contribution in [1.82, 2.24) is 25.3 Å². The Morgan fingerprint density at radius 2 is 2.04 bits per heavy atom. The molecule has 1 aliphatic heterocycles. The highest BCUT2D eigenvalue weighted by Gasteiger charge is 2.31. The lowest BCUT2D eigenvalue weighted by Gasteiger charge is -2.21. The van der Waals surface area contributed by atoms with E-state index in [-0.39, 0.29) is 0 Å². The lowest BCUT2D eigenvalue weighted by Crippen LogP contribution is -2.46. The lowest BCUT2D eigenvalue weighted by molar-refractivity contribution is 0.265. The van der Waals surface area contributed by atoms with Gasteiger partial charge in [-0.2, -0.15) is 5.10 Å². The van der Waals surface area contributed by atoms with Crippen molar-refractivity contribution in [3.8, 4) is 5.69 Å². The fourth-order valence-corrected chi connectivity index (χ4v) is 3.44. The summed E-state index contributed by atoms with van der Waals surface area (Å²) in [5.74, 6) is 1.49. The van der Waals surface area contributed by atoms with E-state index in [2.05, 4.69) is 48.3 Å². The topological polar surface area (TPSA) is 57.5 Å². The summed E-state index contributed by atoms with van der Waals surface area (Å²) >= 11 is 0. The van der Waals surface area contributed by atoms with Gasteiger partial charge >= 0.3 is 0 Å². The molecule has 2 heterocycles. The van der Waals surface area contributed by atoms with Crippen LogP contribution >= 0.6 is 0 Å². The normalized spacial score (nSPS) is 21.0. The standard InChI is InChI=1S/C21H32N6/c1-5-22-21(25-20-15-26(16(2)3)13-17(20)4)23-11-18-12-24-27(14-18)19-9-7-6-8-10-19/h6-10,12,14,16-17,20H,5,11,13,15H2,1-4H3,(H2,22,23,25). The first-order valence-electron chi connectivity index (χ1n) is 9.94. The van der Waals surface area contributed by atoms with Crippen molar-refractivity contribution in [1.29, 1.82) is 0 Å². The smallest absolute Gasteiger partial charge is 0.191 e. The lowest BCUT2D eigenvalue weighted by atomic mass is 10.1. The molecule has 0 bridgehead atoms. The maximum atomic E-state index is 4.78. The Morgan fingerprint density at radius 1 is 1.26 bits per heavy atom. The van der Waals surface area contributed by atoms with Gasteiger partial charge in [0.2, 0.25) is 0 Å². The average molecular weight is 369 g/mol. The molecule has 1 fully saturated rings. The van der Waals surface area contributed by atoms with Crippen molar-refractivity contribution in [2.75, 3.05) is 19.6 Å². The number of aromatic nitrogens is 2. The second-order valence-corrected chi connectivity index (χ2v) is 7.60. The summed E-state index contributed by atoms with van der Waals surface area (Å²) in [7, 11) is 0. The van der Waals surface area contributed by atoms with Crippen LogP contribution in [-0.2, 0) is 6.54 Å². The summed E-state index contributed by atoms with van der Waals surface area (Å²) in [4.78, 5) is 7.30. The van der Waals surface area contributed by atoms with Gasteiger partial charge in [-0.3, -0.25) is 4.90 Å². The van der Waals surface area contributed by atoms with Gasteiger partial charge in [0, 0.05) is 43.5 Å². The van der Waals surface area contributed by atoms with Crippen LogP contribution in [0.15, 0.2) is 47.7 Å². The second kappa shape index (κ2) is 9.04. The van der Waals surface area contributed by atoms with Gasteiger partial charge < -0.3 is 10.6 Å². The van der Waals surface area contributed by atoms with E-state index in [1.165, 1.54) is 0 Å². The number of rotatable bonds is 6. The molecule has 3 rings (SSSR count). The van der Waals surface area contributed by atoms with Crippen LogP contribution < -0.4 is 10.6 Å². The van der Waals surface area contributed by atoms with Crippen LogP contribution in [-0.4, -0.2) is 52.4 Å². The molecule has 6 heteroatoms.